The van der Waals surface area contributed by atoms with Gasteiger partial charge in [-0.15, -0.1) is 0 Å². The number of ether oxygens (including phenoxy) is 1. The Labute approximate surface area is 112 Å². The van der Waals surface area contributed by atoms with Crippen LogP contribution in [0.2, 0.25) is 0 Å². The molecular formula is C12H10N6O2. The van der Waals surface area contributed by atoms with Gasteiger partial charge in [0.2, 0.25) is 17.7 Å². The number of nitrogens with one attached hydrogen (secondary N) is 1. The molecule has 8 nitrogen and oxygen atoms in total. The number of benzene rings is 1. The number of hydrogen-bond acceptors (Lipinski definition) is 6. The monoisotopic (exact) mass is 270 g/mol. The van der Waals surface area contributed by atoms with Gasteiger partial charge in [-0.3, -0.25) is 9.89 Å². The van der Waals surface area contributed by atoms with Crippen molar-refractivity contribution < 1.29 is 9.53 Å². The molecule has 0 radical (unpaired) electrons. The largest absolute Gasteiger partial charge is 0.438 e. The van der Waals surface area contributed by atoms with Crippen LogP contribution in [0.15, 0.2) is 30.5 Å². The zero-order valence-electron chi connectivity index (χ0n) is 10.2. The highest BCUT2D eigenvalue weighted by atomic mass is 16.5. The normalized spacial score (nSPS) is 10.6. The van der Waals surface area contributed by atoms with Crippen molar-refractivity contribution in [2.75, 3.05) is 5.73 Å². The van der Waals surface area contributed by atoms with Gasteiger partial charge in [0.05, 0.1) is 6.20 Å². The summed E-state index contributed by atoms with van der Waals surface area (Å²) in [7, 11) is 0. The number of carbonyl (C=O) groups is 1. The van der Waals surface area contributed by atoms with Gasteiger partial charge in [-0.25, -0.2) is 0 Å². The number of rotatable bonds is 3. The number of primary amides is 1. The Balaban J connectivity index is 1.96. The fourth-order valence-electron chi connectivity index (χ4n) is 1.70. The van der Waals surface area contributed by atoms with Crippen LogP contribution in [0.5, 0.6) is 11.6 Å². The van der Waals surface area contributed by atoms with E-state index in [0.29, 0.717) is 22.3 Å². The number of fused-ring (bicyclic) bond motifs is 1. The molecular weight excluding hydrogens is 260 g/mol. The van der Waals surface area contributed by atoms with Crippen molar-refractivity contribution in [3.63, 3.8) is 0 Å². The number of aromatic nitrogens is 4. The molecule has 0 bridgehead atoms. The van der Waals surface area contributed by atoms with E-state index in [4.69, 9.17) is 16.2 Å². The van der Waals surface area contributed by atoms with Crippen molar-refractivity contribution >= 4 is 22.9 Å². The van der Waals surface area contributed by atoms with Gasteiger partial charge in [-0.1, -0.05) is 0 Å². The third-order valence-electron chi connectivity index (χ3n) is 2.65. The number of nitrogens with zero attached hydrogens (tertiary/aromatic N) is 3. The average molecular weight is 270 g/mol. The third kappa shape index (κ3) is 2.09. The maximum absolute atomic E-state index is 11.0. The molecule has 1 amide bonds. The minimum atomic E-state index is -0.500. The molecule has 0 aliphatic carbocycles. The van der Waals surface area contributed by atoms with Gasteiger partial charge in [-0.2, -0.15) is 15.1 Å². The Bertz CT molecular complexity index is 780. The molecule has 8 heteroatoms. The van der Waals surface area contributed by atoms with Crippen LogP contribution in [0.3, 0.4) is 0 Å². The van der Waals surface area contributed by atoms with Crippen LogP contribution in [0.4, 0.5) is 5.95 Å². The second-order valence-corrected chi connectivity index (χ2v) is 4.01. The van der Waals surface area contributed by atoms with E-state index in [2.05, 4.69) is 20.2 Å². The van der Waals surface area contributed by atoms with Gasteiger partial charge >= 0.3 is 0 Å². The van der Waals surface area contributed by atoms with Crippen molar-refractivity contribution in [1.82, 2.24) is 20.2 Å². The van der Waals surface area contributed by atoms with Crippen LogP contribution < -0.4 is 16.2 Å². The van der Waals surface area contributed by atoms with Gasteiger partial charge in [-0.05, 0) is 24.3 Å². The number of nitrogen functional groups attached to an aromatic ring is 1. The lowest BCUT2D eigenvalue weighted by Gasteiger charge is -2.06. The first-order valence-electron chi connectivity index (χ1n) is 5.68. The summed E-state index contributed by atoms with van der Waals surface area (Å²) in [6, 6.07) is 6.36. The van der Waals surface area contributed by atoms with Crippen molar-refractivity contribution in [1.29, 1.82) is 0 Å². The van der Waals surface area contributed by atoms with Crippen molar-refractivity contribution in [2.24, 2.45) is 5.73 Å². The highest BCUT2D eigenvalue weighted by Crippen LogP contribution is 2.26. The molecule has 100 valence electrons. The maximum Gasteiger partial charge on any atom is 0.248 e. The van der Waals surface area contributed by atoms with E-state index in [1.807, 2.05) is 0 Å². The minimum absolute atomic E-state index is 0.0745. The van der Waals surface area contributed by atoms with Gasteiger partial charge in [0.25, 0.3) is 0 Å². The predicted molar refractivity (Wildman–Crippen MR) is 71.1 cm³/mol. The number of nitrogens with two attached hydrogens (primary N) is 2. The molecule has 0 spiro atoms. The number of hydrogen-bond donors (Lipinski definition) is 3. The van der Waals surface area contributed by atoms with Crippen molar-refractivity contribution in [3.8, 4) is 11.6 Å². The van der Waals surface area contributed by atoms with E-state index in [1.165, 1.54) is 0 Å². The summed E-state index contributed by atoms with van der Waals surface area (Å²) in [6.07, 6.45) is 1.54. The lowest BCUT2D eigenvalue weighted by molar-refractivity contribution is 0.100. The molecule has 3 aromatic rings. The Morgan fingerprint density at radius 1 is 1.20 bits per heavy atom. The summed E-state index contributed by atoms with van der Waals surface area (Å²) >= 11 is 0. The Morgan fingerprint density at radius 2 is 1.95 bits per heavy atom. The molecule has 3 rings (SSSR count). The Kier molecular flexibility index (Phi) is 2.68. The van der Waals surface area contributed by atoms with Crippen LogP contribution in [-0.2, 0) is 0 Å². The highest BCUT2D eigenvalue weighted by molar-refractivity contribution is 5.92. The first-order valence-corrected chi connectivity index (χ1v) is 5.68. The molecule has 2 aromatic heterocycles. The fourth-order valence-corrected chi connectivity index (χ4v) is 1.70. The smallest absolute Gasteiger partial charge is 0.248 e. The molecule has 1 aromatic carbocycles. The summed E-state index contributed by atoms with van der Waals surface area (Å²) in [6.45, 7) is 0. The first-order chi connectivity index (χ1) is 9.63. The van der Waals surface area contributed by atoms with Crippen molar-refractivity contribution in [2.45, 2.75) is 0 Å². The average Bonchev–Trinajstić information content (AvgIpc) is 2.87. The number of H-pyrrole nitrogens is 1. The molecule has 0 aliphatic heterocycles. The quantitative estimate of drug-likeness (QED) is 0.645. The number of carbonyl (C=O) groups excluding carboxylic acids is 1. The summed E-state index contributed by atoms with van der Waals surface area (Å²) in [4.78, 5) is 19.0. The maximum atomic E-state index is 11.0. The summed E-state index contributed by atoms with van der Waals surface area (Å²) in [5.41, 5.74) is 11.6. The molecule has 0 saturated carbocycles. The third-order valence-corrected chi connectivity index (χ3v) is 2.65. The van der Waals surface area contributed by atoms with Crippen LogP contribution in [-0.4, -0.2) is 26.1 Å². The number of aromatic amines is 1. The molecule has 0 fully saturated rings. The lowest BCUT2D eigenvalue weighted by atomic mass is 10.2. The fraction of sp³-hybridized carbons (Fsp3) is 0. The molecule has 20 heavy (non-hydrogen) atoms. The Hall–Kier alpha value is -3.16. The molecule has 0 saturated heterocycles. The summed E-state index contributed by atoms with van der Waals surface area (Å²) in [5.74, 6) is 0.356. The van der Waals surface area contributed by atoms with Crippen molar-refractivity contribution in [3.05, 3.63) is 36.0 Å². The molecule has 0 aliphatic rings. The molecule has 5 N–H and O–H groups in total. The van der Waals surface area contributed by atoms with Crippen LogP contribution in [0.1, 0.15) is 10.4 Å². The molecule has 2 heterocycles. The standard InChI is InChI=1S/C12H10N6O2/c13-9(19)6-1-3-7(4-2-6)20-11-8-5-15-18-10(8)16-12(14)17-11/h1-5H,(H2,13,19)(H3,14,15,16,17,18). The number of amides is 1. The van der Waals surface area contributed by atoms with E-state index in [0.717, 1.165) is 0 Å². The Morgan fingerprint density at radius 3 is 2.65 bits per heavy atom. The second-order valence-electron chi connectivity index (χ2n) is 4.01. The zero-order valence-corrected chi connectivity index (χ0v) is 10.2. The second kappa shape index (κ2) is 4.50. The SMILES string of the molecule is NC(=O)c1ccc(Oc2nc(N)nc3[nH]ncc23)cc1. The summed E-state index contributed by atoms with van der Waals surface area (Å²) < 4.78 is 5.62. The molecule has 0 atom stereocenters. The lowest BCUT2D eigenvalue weighted by Crippen LogP contribution is -2.10. The first kappa shape index (κ1) is 11.9. The van der Waals surface area contributed by atoms with Crippen LogP contribution >= 0.6 is 0 Å². The van der Waals surface area contributed by atoms with E-state index >= 15 is 0 Å². The minimum Gasteiger partial charge on any atom is -0.438 e. The highest BCUT2D eigenvalue weighted by Gasteiger charge is 2.10. The van der Waals surface area contributed by atoms with Gasteiger partial charge in [0, 0.05) is 5.56 Å². The van der Waals surface area contributed by atoms with Crippen LogP contribution in [0.25, 0.3) is 11.0 Å². The predicted octanol–water partition coefficient (Wildman–Crippen LogP) is 0.826. The van der Waals surface area contributed by atoms with Gasteiger partial charge in [0.15, 0.2) is 5.65 Å². The topological polar surface area (TPSA) is 133 Å². The van der Waals surface area contributed by atoms with E-state index in [9.17, 15) is 4.79 Å². The van der Waals surface area contributed by atoms with E-state index < -0.39 is 5.91 Å². The van der Waals surface area contributed by atoms with E-state index in [1.54, 1.807) is 30.5 Å². The molecule has 0 unspecified atom stereocenters. The van der Waals surface area contributed by atoms with E-state index in [-0.39, 0.29) is 11.8 Å². The number of anilines is 1. The zero-order chi connectivity index (χ0) is 14.1. The van der Waals surface area contributed by atoms with Crippen LogP contribution in [0, 0.1) is 0 Å². The summed E-state index contributed by atoms with van der Waals surface area (Å²) in [5, 5.41) is 7.16. The van der Waals surface area contributed by atoms with Gasteiger partial charge in [0.1, 0.15) is 11.1 Å². The van der Waals surface area contributed by atoms with Gasteiger partial charge < -0.3 is 16.2 Å².